The van der Waals surface area contributed by atoms with Crippen molar-refractivity contribution in [2.75, 3.05) is 13.7 Å². The number of carbonyl (C=O) groups is 1. The summed E-state index contributed by atoms with van der Waals surface area (Å²) in [4.78, 5) is 27.0. The molecule has 0 aliphatic rings. The van der Waals surface area contributed by atoms with Crippen molar-refractivity contribution in [3.05, 3.63) is 70.1 Å². The lowest BCUT2D eigenvalue weighted by Gasteiger charge is -2.12. The predicted molar refractivity (Wildman–Crippen MR) is 100 cm³/mol. The molecule has 0 saturated carbocycles. The number of halogens is 2. The number of carbonyl (C=O) groups excluding carboxylic acids is 1. The van der Waals surface area contributed by atoms with Crippen molar-refractivity contribution in [1.29, 1.82) is 0 Å². The Labute approximate surface area is 159 Å². The van der Waals surface area contributed by atoms with E-state index in [4.69, 9.17) is 4.74 Å². The van der Waals surface area contributed by atoms with Gasteiger partial charge in [-0.25, -0.2) is 0 Å². The molecular weight excluding hydrogens is 370 g/mol. The number of alkyl halides is 2. The molecule has 0 saturated heterocycles. The molecule has 3 rings (SSSR count). The number of amides is 1. The van der Waals surface area contributed by atoms with Gasteiger partial charge in [0, 0.05) is 11.9 Å². The average molecular weight is 388 g/mol. The van der Waals surface area contributed by atoms with Crippen LogP contribution in [-0.4, -0.2) is 31.2 Å². The van der Waals surface area contributed by atoms with Crippen molar-refractivity contribution in [2.45, 2.75) is 13.0 Å². The van der Waals surface area contributed by atoms with Gasteiger partial charge in [-0.2, -0.15) is 8.78 Å². The van der Waals surface area contributed by atoms with Gasteiger partial charge in [-0.1, -0.05) is 24.3 Å². The molecular formula is C20H18F2N2O4. The molecule has 1 amide bonds. The maximum absolute atomic E-state index is 12.4. The van der Waals surface area contributed by atoms with Crippen molar-refractivity contribution in [3.8, 4) is 11.5 Å². The molecule has 28 heavy (non-hydrogen) atoms. The van der Waals surface area contributed by atoms with E-state index < -0.39 is 12.5 Å². The fraction of sp³-hybridized carbons (Fsp3) is 0.200. The Morgan fingerprint density at radius 1 is 1.14 bits per heavy atom. The number of hydrogen-bond acceptors (Lipinski definition) is 4. The van der Waals surface area contributed by atoms with Gasteiger partial charge in [-0.15, -0.1) is 0 Å². The zero-order valence-electron chi connectivity index (χ0n) is 15.0. The molecule has 0 radical (unpaired) electrons. The van der Waals surface area contributed by atoms with Gasteiger partial charge >= 0.3 is 6.61 Å². The highest BCUT2D eigenvalue weighted by Crippen LogP contribution is 2.29. The summed E-state index contributed by atoms with van der Waals surface area (Å²) in [6.45, 7) is -2.66. The smallest absolute Gasteiger partial charge is 0.387 e. The summed E-state index contributed by atoms with van der Waals surface area (Å²) in [5, 5.41) is 3.91. The molecule has 146 valence electrons. The number of nitrogens with one attached hydrogen (secondary N) is 2. The van der Waals surface area contributed by atoms with Gasteiger partial charge in [-0.3, -0.25) is 9.59 Å². The molecule has 3 aromatic rings. The van der Waals surface area contributed by atoms with Crippen molar-refractivity contribution in [3.63, 3.8) is 0 Å². The van der Waals surface area contributed by atoms with Gasteiger partial charge in [0.1, 0.15) is 5.69 Å². The molecule has 1 heterocycles. The second kappa shape index (κ2) is 8.51. The summed E-state index contributed by atoms with van der Waals surface area (Å²) in [6.07, 6.45) is 0.439. The number of aromatic amines is 1. The van der Waals surface area contributed by atoms with E-state index in [1.54, 1.807) is 42.5 Å². The first-order valence-electron chi connectivity index (χ1n) is 8.50. The molecule has 0 aliphatic carbocycles. The summed E-state index contributed by atoms with van der Waals surface area (Å²) < 4.78 is 34.2. The minimum absolute atomic E-state index is 0.0565. The Hall–Kier alpha value is -3.42. The highest BCUT2D eigenvalue weighted by molar-refractivity contribution is 5.96. The number of aromatic nitrogens is 1. The van der Waals surface area contributed by atoms with E-state index in [0.717, 1.165) is 5.56 Å². The number of rotatable bonds is 7. The lowest BCUT2D eigenvalue weighted by atomic mass is 10.1. The normalized spacial score (nSPS) is 10.9. The lowest BCUT2D eigenvalue weighted by molar-refractivity contribution is -0.0512. The number of ether oxygens (including phenoxy) is 2. The van der Waals surface area contributed by atoms with Crippen molar-refractivity contribution >= 4 is 16.7 Å². The average Bonchev–Trinajstić information content (AvgIpc) is 2.68. The standard InChI is InChI=1S/C20H18F2N2O4/c1-27-17-10-12(6-7-16(17)28-20(21)22)8-9-23-19(26)15-11-13-4-2-3-5-14(13)18(25)24-15/h2-7,10-11,20H,8-9H2,1H3,(H,23,26)(H,24,25). The van der Waals surface area contributed by atoms with Crippen LogP contribution in [0, 0.1) is 0 Å². The first-order valence-corrected chi connectivity index (χ1v) is 8.50. The minimum atomic E-state index is -2.94. The van der Waals surface area contributed by atoms with Gasteiger partial charge < -0.3 is 19.8 Å². The molecule has 2 aromatic carbocycles. The summed E-state index contributed by atoms with van der Waals surface area (Å²) in [5.74, 6) is -0.283. The predicted octanol–water partition coefficient (Wildman–Crippen LogP) is 3.11. The van der Waals surface area contributed by atoms with Crippen LogP contribution in [-0.2, 0) is 6.42 Å². The zero-order chi connectivity index (χ0) is 20.1. The summed E-state index contributed by atoms with van der Waals surface area (Å²) in [5.41, 5.74) is 0.607. The molecule has 0 unspecified atom stereocenters. The zero-order valence-corrected chi connectivity index (χ0v) is 15.0. The maximum atomic E-state index is 12.4. The molecule has 0 fully saturated rings. The van der Waals surface area contributed by atoms with Gasteiger partial charge in [0.25, 0.3) is 11.5 Å². The maximum Gasteiger partial charge on any atom is 0.387 e. The first kappa shape index (κ1) is 19.3. The number of H-pyrrole nitrogens is 1. The van der Waals surface area contributed by atoms with Crippen molar-refractivity contribution < 1.29 is 23.0 Å². The van der Waals surface area contributed by atoms with E-state index in [9.17, 15) is 18.4 Å². The number of hydrogen-bond donors (Lipinski definition) is 2. The van der Waals surface area contributed by atoms with Crippen LogP contribution in [0.4, 0.5) is 8.78 Å². The SMILES string of the molecule is COc1cc(CCNC(=O)c2cc3ccccc3c(=O)[nH]2)ccc1OC(F)F. The van der Waals surface area contributed by atoms with E-state index in [0.29, 0.717) is 17.2 Å². The van der Waals surface area contributed by atoms with E-state index in [1.807, 2.05) is 0 Å². The van der Waals surface area contributed by atoms with E-state index >= 15 is 0 Å². The van der Waals surface area contributed by atoms with Crippen LogP contribution in [0.25, 0.3) is 10.8 Å². The number of fused-ring (bicyclic) bond motifs is 1. The molecule has 0 atom stereocenters. The third kappa shape index (κ3) is 4.46. The Morgan fingerprint density at radius 2 is 1.93 bits per heavy atom. The van der Waals surface area contributed by atoms with Crippen LogP contribution in [0.2, 0.25) is 0 Å². The summed E-state index contributed by atoms with van der Waals surface area (Å²) >= 11 is 0. The van der Waals surface area contributed by atoms with Crippen LogP contribution in [0.3, 0.4) is 0 Å². The first-order chi connectivity index (χ1) is 13.5. The fourth-order valence-corrected chi connectivity index (χ4v) is 2.81. The van der Waals surface area contributed by atoms with Crippen molar-refractivity contribution in [2.24, 2.45) is 0 Å². The lowest BCUT2D eigenvalue weighted by Crippen LogP contribution is -2.28. The monoisotopic (exact) mass is 388 g/mol. The molecule has 0 bridgehead atoms. The van der Waals surface area contributed by atoms with E-state index in [-0.39, 0.29) is 29.3 Å². The van der Waals surface area contributed by atoms with Gasteiger partial charge in [0.15, 0.2) is 11.5 Å². The highest BCUT2D eigenvalue weighted by Gasteiger charge is 2.12. The Balaban J connectivity index is 1.65. The van der Waals surface area contributed by atoms with Crippen LogP contribution < -0.4 is 20.3 Å². The second-order valence-corrected chi connectivity index (χ2v) is 5.97. The molecule has 0 aliphatic heterocycles. The third-order valence-electron chi connectivity index (χ3n) is 4.14. The summed E-state index contributed by atoms with van der Waals surface area (Å²) in [6, 6.07) is 13.2. The fourth-order valence-electron chi connectivity index (χ4n) is 2.81. The number of methoxy groups -OCH3 is 1. The van der Waals surface area contributed by atoms with Crippen LogP contribution >= 0.6 is 0 Å². The quantitative estimate of drug-likeness (QED) is 0.652. The van der Waals surface area contributed by atoms with Crippen molar-refractivity contribution in [1.82, 2.24) is 10.3 Å². The minimum Gasteiger partial charge on any atom is -0.493 e. The van der Waals surface area contributed by atoms with E-state index in [1.165, 1.54) is 13.2 Å². The molecule has 8 heteroatoms. The molecule has 1 aromatic heterocycles. The highest BCUT2D eigenvalue weighted by atomic mass is 19.3. The Kier molecular flexibility index (Phi) is 5.88. The molecule has 6 nitrogen and oxygen atoms in total. The Bertz CT molecular complexity index is 1050. The van der Waals surface area contributed by atoms with Gasteiger partial charge in [0.2, 0.25) is 0 Å². The van der Waals surface area contributed by atoms with Crippen LogP contribution in [0.1, 0.15) is 16.1 Å². The van der Waals surface area contributed by atoms with Gasteiger partial charge in [0.05, 0.1) is 7.11 Å². The molecule has 2 N–H and O–H groups in total. The number of pyridine rings is 1. The Morgan fingerprint density at radius 3 is 2.68 bits per heavy atom. The third-order valence-corrected chi connectivity index (χ3v) is 4.14. The van der Waals surface area contributed by atoms with Gasteiger partial charge in [-0.05, 0) is 41.6 Å². The second-order valence-electron chi connectivity index (χ2n) is 5.97. The van der Waals surface area contributed by atoms with Crippen LogP contribution in [0.5, 0.6) is 11.5 Å². The summed E-state index contributed by atoms with van der Waals surface area (Å²) in [7, 11) is 1.36. The largest absolute Gasteiger partial charge is 0.493 e. The van der Waals surface area contributed by atoms with E-state index in [2.05, 4.69) is 15.0 Å². The topological polar surface area (TPSA) is 80.4 Å². The molecule has 0 spiro atoms. The van der Waals surface area contributed by atoms with Crippen LogP contribution in [0.15, 0.2) is 53.3 Å². The number of benzene rings is 2.